The Hall–Kier alpha value is -2.63. The van der Waals surface area contributed by atoms with Gasteiger partial charge in [-0.05, 0) is 25.5 Å². The zero-order valence-electron chi connectivity index (χ0n) is 13.5. The Morgan fingerprint density at radius 1 is 0.957 bits per heavy atom. The Kier molecular flexibility index (Phi) is 3.37. The molecule has 4 rings (SSSR count). The summed E-state index contributed by atoms with van der Waals surface area (Å²) in [5, 5.41) is 4.31. The lowest BCUT2D eigenvalue weighted by Gasteiger charge is -2.37. The monoisotopic (exact) mass is 308 g/mol. The molecule has 3 aromatic rings. The highest BCUT2D eigenvalue weighted by Crippen LogP contribution is 2.23. The molecule has 1 aromatic carbocycles. The lowest BCUT2D eigenvalue weighted by molar-refractivity contribution is 0.637. The van der Waals surface area contributed by atoms with Gasteiger partial charge in [-0.2, -0.15) is 14.6 Å². The summed E-state index contributed by atoms with van der Waals surface area (Å²) in [4.78, 5) is 13.5. The van der Waals surface area contributed by atoms with Gasteiger partial charge in [-0.3, -0.25) is 0 Å². The van der Waals surface area contributed by atoms with Crippen molar-refractivity contribution >= 4 is 17.3 Å². The van der Waals surface area contributed by atoms with Crippen LogP contribution in [0.1, 0.15) is 11.3 Å². The molecule has 0 spiro atoms. The zero-order chi connectivity index (χ0) is 15.8. The van der Waals surface area contributed by atoms with Gasteiger partial charge in [0.05, 0.1) is 0 Å². The number of aromatic nitrogens is 4. The molecule has 2 aromatic heterocycles. The number of benzene rings is 1. The van der Waals surface area contributed by atoms with E-state index in [2.05, 4.69) is 62.1 Å². The third-order valence-electron chi connectivity index (χ3n) is 4.42. The summed E-state index contributed by atoms with van der Waals surface area (Å²) in [6.45, 7) is 8.11. The largest absolute Gasteiger partial charge is 0.368 e. The van der Waals surface area contributed by atoms with Crippen LogP contribution in [0.4, 0.5) is 11.5 Å². The van der Waals surface area contributed by atoms with E-state index in [4.69, 9.17) is 0 Å². The Labute approximate surface area is 135 Å². The predicted octanol–water partition coefficient (Wildman–Crippen LogP) is 2.07. The zero-order valence-corrected chi connectivity index (χ0v) is 13.5. The number of anilines is 2. The summed E-state index contributed by atoms with van der Waals surface area (Å²) in [6.07, 6.45) is 1.56. The number of para-hydroxylation sites is 1. The molecule has 0 amide bonds. The summed E-state index contributed by atoms with van der Waals surface area (Å²) in [5.74, 6) is 1.75. The number of piperazine rings is 1. The normalized spacial score (nSPS) is 15.4. The van der Waals surface area contributed by atoms with Crippen molar-refractivity contribution in [1.29, 1.82) is 0 Å². The minimum absolute atomic E-state index is 0.668. The highest BCUT2D eigenvalue weighted by atomic mass is 15.4. The van der Waals surface area contributed by atoms with Gasteiger partial charge in [0.1, 0.15) is 12.1 Å². The van der Waals surface area contributed by atoms with E-state index in [9.17, 15) is 0 Å². The smallest absolute Gasteiger partial charge is 0.254 e. The molecule has 0 bridgehead atoms. The van der Waals surface area contributed by atoms with Gasteiger partial charge in [0, 0.05) is 43.6 Å². The van der Waals surface area contributed by atoms with Gasteiger partial charge < -0.3 is 9.80 Å². The third kappa shape index (κ3) is 2.50. The fourth-order valence-electron chi connectivity index (χ4n) is 3.23. The van der Waals surface area contributed by atoms with Crippen molar-refractivity contribution in [2.24, 2.45) is 0 Å². The number of hydrogen-bond donors (Lipinski definition) is 0. The third-order valence-corrected chi connectivity index (χ3v) is 4.42. The van der Waals surface area contributed by atoms with Crippen molar-refractivity contribution < 1.29 is 0 Å². The van der Waals surface area contributed by atoms with Gasteiger partial charge in [0.15, 0.2) is 0 Å². The van der Waals surface area contributed by atoms with E-state index in [1.54, 1.807) is 6.33 Å². The predicted molar refractivity (Wildman–Crippen MR) is 91.1 cm³/mol. The van der Waals surface area contributed by atoms with E-state index in [0.717, 1.165) is 37.7 Å². The average molecular weight is 308 g/mol. The summed E-state index contributed by atoms with van der Waals surface area (Å²) < 4.78 is 1.83. The van der Waals surface area contributed by atoms with Crippen molar-refractivity contribution in [2.75, 3.05) is 36.0 Å². The highest BCUT2D eigenvalue weighted by Gasteiger charge is 2.21. The van der Waals surface area contributed by atoms with Gasteiger partial charge in [-0.25, -0.2) is 4.98 Å². The highest BCUT2D eigenvalue weighted by molar-refractivity contribution is 5.55. The van der Waals surface area contributed by atoms with Crippen molar-refractivity contribution in [3.05, 3.63) is 47.9 Å². The minimum atomic E-state index is 0.668. The van der Waals surface area contributed by atoms with Crippen molar-refractivity contribution in [1.82, 2.24) is 19.6 Å². The molecule has 6 heteroatoms. The molecule has 0 saturated carbocycles. The van der Waals surface area contributed by atoms with Gasteiger partial charge in [-0.15, -0.1) is 0 Å². The number of nitrogens with zero attached hydrogens (tertiary/aromatic N) is 6. The number of hydrogen-bond acceptors (Lipinski definition) is 5. The van der Waals surface area contributed by atoms with Crippen LogP contribution in [0, 0.1) is 13.8 Å². The average Bonchev–Trinajstić information content (AvgIpc) is 3.03. The van der Waals surface area contributed by atoms with E-state index in [0.29, 0.717) is 5.78 Å². The van der Waals surface area contributed by atoms with Crippen LogP contribution in [0.3, 0.4) is 0 Å². The van der Waals surface area contributed by atoms with E-state index in [-0.39, 0.29) is 0 Å². The molecule has 6 nitrogen and oxygen atoms in total. The fourth-order valence-corrected chi connectivity index (χ4v) is 3.23. The van der Waals surface area contributed by atoms with Crippen molar-refractivity contribution in [3.63, 3.8) is 0 Å². The van der Waals surface area contributed by atoms with E-state index in [1.165, 1.54) is 11.3 Å². The van der Waals surface area contributed by atoms with E-state index >= 15 is 0 Å². The van der Waals surface area contributed by atoms with Crippen LogP contribution in [0.2, 0.25) is 0 Å². The van der Waals surface area contributed by atoms with Crippen LogP contribution in [0.25, 0.3) is 5.78 Å². The molecule has 0 N–H and O–H groups in total. The van der Waals surface area contributed by atoms with Gasteiger partial charge in [0.25, 0.3) is 5.78 Å². The molecule has 0 aliphatic carbocycles. The minimum Gasteiger partial charge on any atom is -0.368 e. The van der Waals surface area contributed by atoms with Crippen molar-refractivity contribution in [2.45, 2.75) is 13.8 Å². The van der Waals surface area contributed by atoms with E-state index < -0.39 is 0 Å². The molecule has 1 fully saturated rings. The standard InChI is InChI=1S/C17H20N6/c1-13-5-3-4-6-15(13)21-7-9-22(10-8-21)16-11-14(2)20-17-18-12-19-23(16)17/h3-6,11-12H,7-10H2,1-2H3. The summed E-state index contributed by atoms with van der Waals surface area (Å²) in [7, 11) is 0. The molecule has 0 atom stereocenters. The van der Waals surface area contributed by atoms with Crippen LogP contribution in [-0.4, -0.2) is 45.8 Å². The lowest BCUT2D eigenvalue weighted by Crippen LogP contribution is -2.47. The van der Waals surface area contributed by atoms with Gasteiger partial charge in [0.2, 0.25) is 0 Å². The second kappa shape index (κ2) is 5.53. The maximum absolute atomic E-state index is 4.42. The molecule has 0 unspecified atom stereocenters. The molecular formula is C17H20N6. The Balaban J connectivity index is 1.57. The molecule has 23 heavy (non-hydrogen) atoms. The molecule has 1 saturated heterocycles. The Bertz CT molecular complexity index is 832. The molecule has 3 heterocycles. The second-order valence-electron chi connectivity index (χ2n) is 5.99. The first-order valence-electron chi connectivity index (χ1n) is 7.95. The maximum Gasteiger partial charge on any atom is 0.254 e. The first-order chi connectivity index (χ1) is 11.2. The second-order valence-corrected chi connectivity index (χ2v) is 5.99. The van der Waals surface area contributed by atoms with Gasteiger partial charge >= 0.3 is 0 Å². The number of aryl methyl sites for hydroxylation is 2. The van der Waals surface area contributed by atoms with Crippen LogP contribution in [-0.2, 0) is 0 Å². The number of rotatable bonds is 2. The van der Waals surface area contributed by atoms with Crippen LogP contribution in [0.15, 0.2) is 36.7 Å². The lowest BCUT2D eigenvalue weighted by atomic mass is 10.1. The fraction of sp³-hybridized carbons (Fsp3) is 0.353. The maximum atomic E-state index is 4.42. The van der Waals surface area contributed by atoms with Crippen molar-refractivity contribution in [3.8, 4) is 0 Å². The first-order valence-corrected chi connectivity index (χ1v) is 7.95. The molecule has 118 valence electrons. The Morgan fingerprint density at radius 2 is 1.70 bits per heavy atom. The molecule has 0 radical (unpaired) electrons. The van der Waals surface area contributed by atoms with Crippen LogP contribution < -0.4 is 9.80 Å². The number of fused-ring (bicyclic) bond motifs is 1. The van der Waals surface area contributed by atoms with Gasteiger partial charge in [-0.1, -0.05) is 18.2 Å². The van der Waals surface area contributed by atoms with Crippen LogP contribution in [0.5, 0.6) is 0 Å². The van der Waals surface area contributed by atoms with Crippen LogP contribution >= 0.6 is 0 Å². The summed E-state index contributed by atoms with van der Waals surface area (Å²) in [6, 6.07) is 10.7. The topological polar surface area (TPSA) is 49.6 Å². The molecule has 1 aliphatic rings. The quantitative estimate of drug-likeness (QED) is 0.725. The first kappa shape index (κ1) is 14.0. The Morgan fingerprint density at radius 3 is 2.48 bits per heavy atom. The molecular weight excluding hydrogens is 288 g/mol. The summed E-state index contributed by atoms with van der Waals surface area (Å²) in [5.41, 5.74) is 3.64. The van der Waals surface area contributed by atoms with E-state index in [1.807, 2.05) is 11.4 Å². The summed E-state index contributed by atoms with van der Waals surface area (Å²) >= 11 is 0. The SMILES string of the molecule is Cc1cc(N2CCN(c3ccccc3C)CC2)n2ncnc2n1. The molecule has 1 aliphatic heterocycles.